The van der Waals surface area contributed by atoms with Crippen molar-refractivity contribution in [2.45, 2.75) is 13.0 Å². The lowest BCUT2D eigenvalue weighted by Gasteiger charge is -2.26. The Morgan fingerprint density at radius 2 is 2.04 bits per heavy atom. The molecule has 138 valence electrons. The number of hydrogen-bond acceptors (Lipinski definition) is 4. The van der Waals surface area contributed by atoms with Crippen LogP contribution in [0.1, 0.15) is 11.4 Å². The van der Waals surface area contributed by atoms with Crippen LogP contribution in [0.2, 0.25) is 0 Å². The molecule has 8 nitrogen and oxygen atoms in total. The highest BCUT2D eigenvalue weighted by atomic mass is 16.5. The monoisotopic (exact) mass is 357 g/mol. The average molecular weight is 357 g/mol. The minimum absolute atomic E-state index is 0.00811. The van der Waals surface area contributed by atoms with Crippen LogP contribution in [0.15, 0.2) is 24.3 Å². The van der Waals surface area contributed by atoms with Crippen LogP contribution in [0, 0.1) is 0 Å². The van der Waals surface area contributed by atoms with Crippen LogP contribution < -0.4 is 10.1 Å². The number of rotatable bonds is 4. The van der Waals surface area contributed by atoms with Gasteiger partial charge in [-0.3, -0.25) is 4.79 Å². The number of amides is 3. The van der Waals surface area contributed by atoms with Crippen molar-refractivity contribution in [1.29, 1.82) is 0 Å². The smallest absolute Gasteiger partial charge is 0.317 e. The fraction of sp³-hybridized carbons (Fsp3) is 0.389. The molecule has 8 heteroatoms. The van der Waals surface area contributed by atoms with Gasteiger partial charge in [0.1, 0.15) is 11.6 Å². The van der Waals surface area contributed by atoms with E-state index in [9.17, 15) is 9.59 Å². The predicted molar refractivity (Wildman–Crippen MR) is 96.8 cm³/mol. The summed E-state index contributed by atoms with van der Waals surface area (Å²) in [5.41, 5.74) is 2.89. The molecular weight excluding hydrogens is 334 g/mol. The Kier molecular flexibility index (Phi) is 5.11. The second-order valence-corrected chi connectivity index (χ2v) is 6.36. The van der Waals surface area contributed by atoms with Crippen molar-refractivity contribution in [2.24, 2.45) is 0 Å². The van der Waals surface area contributed by atoms with Crippen LogP contribution in [0.4, 0.5) is 4.79 Å². The third-order valence-corrected chi connectivity index (χ3v) is 4.35. The Morgan fingerprint density at radius 1 is 1.31 bits per heavy atom. The number of fused-ring (bicyclic) bond motifs is 1. The highest BCUT2D eigenvalue weighted by Crippen LogP contribution is 2.24. The number of carbonyl (C=O) groups is 2. The summed E-state index contributed by atoms with van der Waals surface area (Å²) in [4.78, 5) is 35.0. The molecule has 0 atom stereocenters. The van der Waals surface area contributed by atoms with Gasteiger partial charge in [0, 0.05) is 32.6 Å². The van der Waals surface area contributed by atoms with Crippen molar-refractivity contribution < 1.29 is 14.3 Å². The third kappa shape index (κ3) is 3.79. The molecule has 1 aliphatic heterocycles. The van der Waals surface area contributed by atoms with Crippen molar-refractivity contribution in [3.63, 3.8) is 0 Å². The lowest BCUT2D eigenvalue weighted by molar-refractivity contribution is -0.131. The van der Waals surface area contributed by atoms with E-state index in [1.165, 1.54) is 4.90 Å². The molecular formula is C18H23N5O3. The van der Waals surface area contributed by atoms with E-state index in [0.717, 1.165) is 28.5 Å². The molecule has 0 radical (unpaired) electrons. The number of ether oxygens (including phenoxy) is 1. The van der Waals surface area contributed by atoms with E-state index >= 15 is 0 Å². The molecule has 0 unspecified atom stereocenters. The van der Waals surface area contributed by atoms with Gasteiger partial charge in [0.15, 0.2) is 0 Å². The van der Waals surface area contributed by atoms with Gasteiger partial charge in [-0.05, 0) is 24.3 Å². The lowest BCUT2D eigenvalue weighted by atomic mass is 10.1. The number of nitrogens with one attached hydrogen (secondary N) is 2. The summed E-state index contributed by atoms with van der Waals surface area (Å²) in [6.45, 7) is 1.05. The summed E-state index contributed by atoms with van der Waals surface area (Å²) < 4.78 is 5.17. The van der Waals surface area contributed by atoms with Gasteiger partial charge in [0.05, 0.1) is 31.6 Å². The largest absolute Gasteiger partial charge is 0.497 e. The summed E-state index contributed by atoms with van der Waals surface area (Å²) in [5, 5.41) is 2.60. The van der Waals surface area contributed by atoms with Gasteiger partial charge in [0.2, 0.25) is 5.91 Å². The van der Waals surface area contributed by atoms with Crippen molar-refractivity contribution in [1.82, 2.24) is 25.1 Å². The van der Waals surface area contributed by atoms with E-state index in [1.807, 2.05) is 24.3 Å². The van der Waals surface area contributed by atoms with Gasteiger partial charge < -0.3 is 24.8 Å². The van der Waals surface area contributed by atoms with Crippen molar-refractivity contribution in [3.8, 4) is 17.1 Å². The topological polar surface area (TPSA) is 90.6 Å². The lowest BCUT2D eigenvalue weighted by Crippen LogP contribution is -2.44. The Morgan fingerprint density at radius 3 is 2.69 bits per heavy atom. The first-order chi connectivity index (χ1) is 12.5. The molecule has 26 heavy (non-hydrogen) atoms. The number of nitrogens with zero attached hydrogens (tertiary/aromatic N) is 3. The molecule has 3 amide bonds. The highest BCUT2D eigenvalue weighted by Gasteiger charge is 2.24. The quantitative estimate of drug-likeness (QED) is 0.861. The summed E-state index contributed by atoms with van der Waals surface area (Å²) in [5.74, 6) is 1.47. The van der Waals surface area contributed by atoms with Crippen molar-refractivity contribution in [3.05, 3.63) is 35.7 Å². The van der Waals surface area contributed by atoms with Crippen molar-refractivity contribution in [2.75, 3.05) is 34.3 Å². The van der Waals surface area contributed by atoms with Gasteiger partial charge in [-0.1, -0.05) is 0 Å². The molecule has 2 N–H and O–H groups in total. The van der Waals surface area contributed by atoms with Crippen LogP contribution in [0.5, 0.6) is 5.75 Å². The Balaban J connectivity index is 1.66. The second-order valence-electron chi connectivity index (χ2n) is 6.36. The predicted octanol–water partition coefficient (Wildman–Crippen LogP) is 1.24. The van der Waals surface area contributed by atoms with Crippen LogP contribution in [-0.4, -0.2) is 66.0 Å². The van der Waals surface area contributed by atoms with Crippen molar-refractivity contribution >= 4 is 11.9 Å². The number of hydrogen-bond donors (Lipinski definition) is 2. The van der Waals surface area contributed by atoms with E-state index in [4.69, 9.17) is 4.74 Å². The highest BCUT2D eigenvalue weighted by molar-refractivity contribution is 5.84. The van der Waals surface area contributed by atoms with E-state index in [2.05, 4.69) is 15.3 Å². The number of urea groups is 1. The normalized spacial score (nSPS) is 13.1. The first-order valence-corrected chi connectivity index (χ1v) is 8.43. The summed E-state index contributed by atoms with van der Waals surface area (Å²) in [7, 11) is 4.91. The standard InChI is InChI=1S/C18H23N5O3/c1-22(2)18(25)19-10-16(24)23-9-8-14-15(11-23)21-17(20-14)12-4-6-13(26-3)7-5-12/h4-7H,8-11H2,1-3H3,(H,19,25)(H,20,21). The average Bonchev–Trinajstić information content (AvgIpc) is 3.09. The van der Waals surface area contributed by atoms with Crippen LogP contribution in [0.25, 0.3) is 11.4 Å². The van der Waals surface area contributed by atoms with Gasteiger partial charge in [-0.25, -0.2) is 9.78 Å². The first-order valence-electron chi connectivity index (χ1n) is 8.43. The zero-order chi connectivity index (χ0) is 18.7. The van der Waals surface area contributed by atoms with E-state index < -0.39 is 0 Å². The third-order valence-electron chi connectivity index (χ3n) is 4.35. The zero-order valence-electron chi connectivity index (χ0n) is 15.2. The zero-order valence-corrected chi connectivity index (χ0v) is 15.2. The minimum atomic E-state index is -0.278. The van der Waals surface area contributed by atoms with Gasteiger partial charge >= 0.3 is 6.03 Å². The molecule has 0 saturated carbocycles. The SMILES string of the molecule is COc1ccc(-c2nc3c([nH]2)CN(C(=O)CNC(=O)N(C)C)CC3)cc1. The molecule has 2 aromatic rings. The van der Waals surface area contributed by atoms with Crippen LogP contribution in [0.3, 0.4) is 0 Å². The van der Waals surface area contributed by atoms with E-state index in [0.29, 0.717) is 19.5 Å². The number of imidazole rings is 1. The molecule has 0 bridgehead atoms. The maximum absolute atomic E-state index is 12.3. The molecule has 0 saturated heterocycles. The Hall–Kier alpha value is -3.03. The molecule has 0 fully saturated rings. The maximum Gasteiger partial charge on any atom is 0.317 e. The molecule has 3 rings (SSSR count). The summed E-state index contributed by atoms with van der Waals surface area (Å²) >= 11 is 0. The van der Waals surface area contributed by atoms with Crippen LogP contribution in [-0.2, 0) is 17.8 Å². The number of aromatic amines is 1. The molecule has 1 aliphatic rings. The molecule has 1 aromatic carbocycles. The second kappa shape index (κ2) is 7.47. The fourth-order valence-corrected chi connectivity index (χ4v) is 2.81. The van der Waals surface area contributed by atoms with Crippen LogP contribution >= 0.6 is 0 Å². The number of H-pyrrole nitrogens is 1. The molecule has 0 spiro atoms. The summed E-state index contributed by atoms with van der Waals surface area (Å²) in [6.07, 6.45) is 0.690. The number of methoxy groups -OCH3 is 1. The first kappa shape index (κ1) is 17.8. The Labute approximate surface area is 152 Å². The van der Waals surface area contributed by atoms with E-state index in [-0.39, 0.29) is 18.5 Å². The molecule has 0 aliphatic carbocycles. The minimum Gasteiger partial charge on any atom is -0.497 e. The maximum atomic E-state index is 12.3. The van der Waals surface area contributed by atoms with Gasteiger partial charge in [0.25, 0.3) is 0 Å². The number of aromatic nitrogens is 2. The molecule has 1 aromatic heterocycles. The molecule has 2 heterocycles. The number of benzene rings is 1. The summed E-state index contributed by atoms with van der Waals surface area (Å²) in [6, 6.07) is 7.39. The van der Waals surface area contributed by atoms with E-state index in [1.54, 1.807) is 26.1 Å². The fourth-order valence-electron chi connectivity index (χ4n) is 2.81. The van der Waals surface area contributed by atoms with Gasteiger partial charge in [-0.15, -0.1) is 0 Å². The van der Waals surface area contributed by atoms with Gasteiger partial charge in [-0.2, -0.15) is 0 Å². The Bertz CT molecular complexity index is 798. The number of carbonyl (C=O) groups excluding carboxylic acids is 2.